The first kappa shape index (κ1) is 20.2. The summed E-state index contributed by atoms with van der Waals surface area (Å²) in [4.78, 5) is 32.8. The molecule has 0 bridgehead atoms. The average molecular weight is 412 g/mol. The molecule has 0 saturated heterocycles. The molecular formula is C24H20N4O3. The van der Waals surface area contributed by atoms with E-state index in [0.717, 1.165) is 5.56 Å². The van der Waals surface area contributed by atoms with Crippen molar-refractivity contribution in [1.29, 1.82) is 5.26 Å². The molecule has 1 aliphatic rings. The van der Waals surface area contributed by atoms with Crippen LogP contribution in [0.2, 0.25) is 0 Å². The molecule has 0 unspecified atom stereocenters. The molecule has 1 N–H and O–H groups in total. The Morgan fingerprint density at radius 3 is 2.45 bits per heavy atom. The molecule has 0 aliphatic heterocycles. The van der Waals surface area contributed by atoms with E-state index in [1.165, 1.54) is 18.7 Å². The van der Waals surface area contributed by atoms with Crippen LogP contribution in [0.4, 0.5) is 0 Å². The second kappa shape index (κ2) is 8.76. The van der Waals surface area contributed by atoms with Crippen LogP contribution >= 0.6 is 0 Å². The van der Waals surface area contributed by atoms with Crippen LogP contribution in [0.3, 0.4) is 0 Å². The SMILES string of the molecule is N#Cc1ccccc1Oc1ccc(CNC(=O)C2(CC(=O)c3cncnc3)CC2)cc1. The molecule has 1 fully saturated rings. The van der Waals surface area contributed by atoms with Gasteiger partial charge in [-0.25, -0.2) is 9.97 Å². The zero-order chi connectivity index (χ0) is 21.7. The largest absolute Gasteiger partial charge is 0.456 e. The molecule has 7 nitrogen and oxygen atoms in total. The number of amides is 1. The standard InChI is InChI=1S/C24H20N4O3/c25-12-18-3-1-2-4-22(18)31-20-7-5-17(6-8-20)13-28-23(30)24(9-10-24)11-21(29)19-14-26-16-27-15-19/h1-8,14-16H,9-11,13H2,(H,28,30). The van der Waals surface area contributed by atoms with Crippen LogP contribution in [0.15, 0.2) is 67.3 Å². The minimum atomic E-state index is -0.628. The number of carbonyl (C=O) groups excluding carboxylic acids is 2. The van der Waals surface area contributed by atoms with Gasteiger partial charge in [0.2, 0.25) is 5.91 Å². The van der Waals surface area contributed by atoms with E-state index in [4.69, 9.17) is 10.00 Å². The van der Waals surface area contributed by atoms with E-state index < -0.39 is 5.41 Å². The molecule has 0 radical (unpaired) electrons. The van der Waals surface area contributed by atoms with Crippen molar-refractivity contribution in [2.45, 2.75) is 25.8 Å². The number of nitriles is 1. The van der Waals surface area contributed by atoms with Crippen LogP contribution in [0.25, 0.3) is 0 Å². The number of carbonyl (C=O) groups is 2. The molecule has 154 valence electrons. The quantitative estimate of drug-likeness (QED) is 0.564. The van der Waals surface area contributed by atoms with E-state index in [1.807, 2.05) is 18.2 Å². The van der Waals surface area contributed by atoms with Crippen molar-refractivity contribution in [3.05, 3.63) is 83.9 Å². The second-order valence-corrected chi connectivity index (χ2v) is 7.54. The fourth-order valence-electron chi connectivity index (χ4n) is 3.31. The summed E-state index contributed by atoms with van der Waals surface area (Å²) in [6.07, 6.45) is 5.88. The van der Waals surface area contributed by atoms with Crippen LogP contribution < -0.4 is 10.1 Å². The molecule has 3 aromatic rings. The lowest BCUT2D eigenvalue weighted by Gasteiger charge is -2.15. The van der Waals surface area contributed by atoms with Crippen LogP contribution in [-0.4, -0.2) is 21.7 Å². The molecule has 4 rings (SSSR count). The van der Waals surface area contributed by atoms with E-state index in [-0.39, 0.29) is 18.1 Å². The van der Waals surface area contributed by atoms with Crippen molar-refractivity contribution < 1.29 is 14.3 Å². The molecule has 7 heteroatoms. The Bertz CT molecular complexity index is 1130. The van der Waals surface area contributed by atoms with Gasteiger partial charge < -0.3 is 10.1 Å². The first-order chi connectivity index (χ1) is 15.1. The summed E-state index contributed by atoms with van der Waals surface area (Å²) in [5, 5.41) is 12.1. The van der Waals surface area contributed by atoms with Crippen molar-refractivity contribution >= 4 is 11.7 Å². The molecular weight excluding hydrogens is 392 g/mol. The number of benzene rings is 2. The highest BCUT2D eigenvalue weighted by Gasteiger charge is 2.50. The number of aromatic nitrogens is 2. The third kappa shape index (κ3) is 4.75. The Morgan fingerprint density at radius 1 is 1.06 bits per heavy atom. The molecule has 1 aliphatic carbocycles. The van der Waals surface area contributed by atoms with Gasteiger partial charge in [0, 0.05) is 25.4 Å². The summed E-state index contributed by atoms with van der Waals surface area (Å²) >= 11 is 0. The van der Waals surface area contributed by atoms with Crippen LogP contribution in [0.1, 0.15) is 40.7 Å². The summed E-state index contributed by atoms with van der Waals surface area (Å²) in [5.41, 5.74) is 1.17. The molecule has 1 aromatic heterocycles. The smallest absolute Gasteiger partial charge is 0.226 e. The van der Waals surface area contributed by atoms with Gasteiger partial charge in [-0.05, 0) is 42.7 Å². The molecule has 1 heterocycles. The van der Waals surface area contributed by atoms with E-state index >= 15 is 0 Å². The van der Waals surface area contributed by atoms with Gasteiger partial charge in [-0.3, -0.25) is 9.59 Å². The molecule has 0 atom stereocenters. The Balaban J connectivity index is 1.32. The van der Waals surface area contributed by atoms with Crippen molar-refractivity contribution in [2.24, 2.45) is 5.41 Å². The highest BCUT2D eigenvalue weighted by Crippen LogP contribution is 2.49. The monoisotopic (exact) mass is 412 g/mol. The van der Waals surface area contributed by atoms with Gasteiger partial charge in [0.1, 0.15) is 23.9 Å². The van der Waals surface area contributed by atoms with Gasteiger partial charge in [-0.1, -0.05) is 24.3 Å². The fourth-order valence-corrected chi connectivity index (χ4v) is 3.31. The normalized spacial score (nSPS) is 13.6. The molecule has 0 spiro atoms. The van der Waals surface area contributed by atoms with Gasteiger partial charge in [0.15, 0.2) is 5.78 Å². The van der Waals surface area contributed by atoms with E-state index in [0.29, 0.717) is 42.0 Å². The number of ether oxygens (including phenoxy) is 1. The third-order valence-electron chi connectivity index (χ3n) is 5.33. The lowest BCUT2D eigenvalue weighted by molar-refractivity contribution is -0.126. The number of nitrogens with zero attached hydrogens (tertiary/aromatic N) is 3. The fraction of sp³-hybridized carbons (Fsp3) is 0.208. The third-order valence-corrected chi connectivity index (χ3v) is 5.33. The first-order valence-corrected chi connectivity index (χ1v) is 9.92. The second-order valence-electron chi connectivity index (χ2n) is 7.54. The Labute approximate surface area is 179 Å². The predicted molar refractivity (Wildman–Crippen MR) is 112 cm³/mol. The summed E-state index contributed by atoms with van der Waals surface area (Å²) in [6, 6.07) is 16.4. The maximum atomic E-state index is 12.7. The lowest BCUT2D eigenvalue weighted by atomic mass is 9.95. The van der Waals surface area contributed by atoms with Gasteiger partial charge in [-0.15, -0.1) is 0 Å². The number of rotatable bonds is 8. The number of ketones is 1. The zero-order valence-electron chi connectivity index (χ0n) is 16.7. The summed E-state index contributed by atoms with van der Waals surface area (Å²) in [7, 11) is 0. The van der Waals surface area contributed by atoms with Gasteiger partial charge in [0.25, 0.3) is 0 Å². The predicted octanol–water partition coefficient (Wildman–Crippen LogP) is 3.81. The maximum absolute atomic E-state index is 12.7. The van der Waals surface area contributed by atoms with Crippen molar-refractivity contribution in [3.8, 4) is 17.6 Å². The topological polar surface area (TPSA) is 105 Å². The summed E-state index contributed by atoms with van der Waals surface area (Å²) in [6.45, 7) is 0.359. The van der Waals surface area contributed by atoms with E-state index in [9.17, 15) is 9.59 Å². The molecule has 31 heavy (non-hydrogen) atoms. The van der Waals surface area contributed by atoms with Crippen molar-refractivity contribution in [2.75, 3.05) is 0 Å². The number of hydrogen-bond donors (Lipinski definition) is 1. The van der Waals surface area contributed by atoms with Crippen LogP contribution in [-0.2, 0) is 11.3 Å². The Kier molecular flexibility index (Phi) is 5.72. The lowest BCUT2D eigenvalue weighted by Crippen LogP contribution is -2.33. The summed E-state index contributed by atoms with van der Waals surface area (Å²) < 4.78 is 5.77. The van der Waals surface area contributed by atoms with E-state index in [2.05, 4.69) is 21.4 Å². The van der Waals surface area contributed by atoms with Crippen LogP contribution in [0, 0.1) is 16.7 Å². The minimum absolute atomic E-state index is 0.110. The van der Waals surface area contributed by atoms with Crippen molar-refractivity contribution in [3.63, 3.8) is 0 Å². The van der Waals surface area contributed by atoms with E-state index in [1.54, 1.807) is 30.3 Å². The maximum Gasteiger partial charge on any atom is 0.226 e. The number of Topliss-reactive ketones (excluding diaryl/α,β-unsaturated/α-hetero) is 1. The van der Waals surface area contributed by atoms with Gasteiger partial charge in [-0.2, -0.15) is 5.26 Å². The van der Waals surface area contributed by atoms with Gasteiger partial charge in [0.05, 0.1) is 16.5 Å². The number of hydrogen-bond acceptors (Lipinski definition) is 6. The average Bonchev–Trinajstić information content (AvgIpc) is 3.60. The Hall–Kier alpha value is -4.05. The Morgan fingerprint density at radius 2 is 1.77 bits per heavy atom. The number of nitrogens with one attached hydrogen (secondary N) is 1. The highest BCUT2D eigenvalue weighted by molar-refractivity contribution is 6.00. The van der Waals surface area contributed by atoms with Crippen molar-refractivity contribution in [1.82, 2.24) is 15.3 Å². The van der Waals surface area contributed by atoms with Gasteiger partial charge >= 0.3 is 0 Å². The molecule has 1 amide bonds. The number of para-hydroxylation sites is 1. The molecule has 1 saturated carbocycles. The zero-order valence-corrected chi connectivity index (χ0v) is 16.7. The molecule has 2 aromatic carbocycles. The minimum Gasteiger partial charge on any atom is -0.456 e. The summed E-state index contributed by atoms with van der Waals surface area (Å²) in [5.74, 6) is 0.871. The first-order valence-electron chi connectivity index (χ1n) is 9.92. The highest BCUT2D eigenvalue weighted by atomic mass is 16.5. The van der Waals surface area contributed by atoms with Crippen LogP contribution in [0.5, 0.6) is 11.5 Å².